The Labute approximate surface area is 173 Å². The first-order chi connectivity index (χ1) is 12.2. The highest BCUT2D eigenvalue weighted by Crippen LogP contribution is 2.30. The van der Waals surface area contributed by atoms with Crippen molar-refractivity contribution in [1.29, 1.82) is 0 Å². The van der Waals surface area contributed by atoms with E-state index >= 15 is 0 Å². The minimum Gasteiger partial charge on any atom is -0.493 e. The number of nitrogens with zero attached hydrogens (tertiary/aromatic N) is 1. The molecule has 27 heavy (non-hydrogen) atoms. The van der Waals surface area contributed by atoms with E-state index in [0.717, 1.165) is 26.2 Å². The SMILES string of the molecule is CCN(CC)CCOc1cc(NC(=O)C2CNCCO2)ccc1OC.Cl.Cl. The van der Waals surface area contributed by atoms with Crippen LogP contribution in [-0.4, -0.2) is 70.0 Å². The van der Waals surface area contributed by atoms with Crippen LogP contribution in [0.25, 0.3) is 0 Å². The van der Waals surface area contributed by atoms with Crippen molar-refractivity contribution < 1.29 is 19.0 Å². The fourth-order valence-corrected chi connectivity index (χ4v) is 2.65. The van der Waals surface area contributed by atoms with Gasteiger partial charge in [-0.05, 0) is 25.2 Å². The lowest BCUT2D eigenvalue weighted by atomic mass is 10.2. The van der Waals surface area contributed by atoms with Crippen LogP contribution in [0.5, 0.6) is 11.5 Å². The average Bonchev–Trinajstić information content (AvgIpc) is 2.66. The van der Waals surface area contributed by atoms with E-state index in [1.807, 2.05) is 0 Å². The fourth-order valence-electron chi connectivity index (χ4n) is 2.65. The molecule has 7 nitrogen and oxygen atoms in total. The molecule has 1 fully saturated rings. The van der Waals surface area contributed by atoms with Crippen molar-refractivity contribution in [3.05, 3.63) is 18.2 Å². The van der Waals surface area contributed by atoms with Gasteiger partial charge in [0.15, 0.2) is 11.5 Å². The number of amides is 1. The van der Waals surface area contributed by atoms with Crippen LogP contribution >= 0.6 is 24.8 Å². The smallest absolute Gasteiger partial charge is 0.254 e. The lowest BCUT2D eigenvalue weighted by molar-refractivity contribution is -0.128. The minimum absolute atomic E-state index is 0. The van der Waals surface area contributed by atoms with Crippen LogP contribution in [0.2, 0.25) is 0 Å². The fraction of sp³-hybridized carbons (Fsp3) is 0.611. The van der Waals surface area contributed by atoms with Gasteiger partial charge in [0, 0.05) is 31.4 Å². The topological polar surface area (TPSA) is 72.1 Å². The summed E-state index contributed by atoms with van der Waals surface area (Å²) in [5.41, 5.74) is 0.665. The van der Waals surface area contributed by atoms with Gasteiger partial charge in [-0.15, -0.1) is 24.8 Å². The van der Waals surface area contributed by atoms with Gasteiger partial charge in [0.05, 0.1) is 13.7 Å². The summed E-state index contributed by atoms with van der Waals surface area (Å²) in [4.78, 5) is 14.5. The van der Waals surface area contributed by atoms with Gasteiger partial charge in [-0.1, -0.05) is 13.8 Å². The van der Waals surface area contributed by atoms with Crippen LogP contribution in [0.1, 0.15) is 13.8 Å². The monoisotopic (exact) mass is 423 g/mol. The first-order valence-electron chi connectivity index (χ1n) is 8.84. The van der Waals surface area contributed by atoms with Crippen LogP contribution in [-0.2, 0) is 9.53 Å². The number of anilines is 1. The Morgan fingerprint density at radius 3 is 2.63 bits per heavy atom. The molecular weight excluding hydrogens is 393 g/mol. The molecule has 1 aromatic carbocycles. The van der Waals surface area contributed by atoms with E-state index < -0.39 is 6.10 Å². The van der Waals surface area contributed by atoms with E-state index in [4.69, 9.17) is 14.2 Å². The number of nitrogens with one attached hydrogen (secondary N) is 2. The van der Waals surface area contributed by atoms with Crippen molar-refractivity contribution in [2.45, 2.75) is 20.0 Å². The summed E-state index contributed by atoms with van der Waals surface area (Å²) < 4.78 is 16.7. The molecule has 0 saturated carbocycles. The van der Waals surface area contributed by atoms with Crippen molar-refractivity contribution in [2.24, 2.45) is 0 Å². The highest BCUT2D eigenvalue weighted by atomic mass is 35.5. The van der Waals surface area contributed by atoms with Gasteiger partial charge >= 0.3 is 0 Å². The third-order valence-corrected chi connectivity index (χ3v) is 4.21. The molecule has 0 radical (unpaired) electrons. The van der Waals surface area contributed by atoms with Crippen molar-refractivity contribution in [2.75, 3.05) is 58.4 Å². The van der Waals surface area contributed by atoms with E-state index in [9.17, 15) is 4.79 Å². The highest BCUT2D eigenvalue weighted by Gasteiger charge is 2.22. The van der Waals surface area contributed by atoms with Gasteiger partial charge in [0.1, 0.15) is 12.7 Å². The summed E-state index contributed by atoms with van der Waals surface area (Å²) in [6.45, 7) is 9.47. The molecule has 1 amide bonds. The van der Waals surface area contributed by atoms with Crippen molar-refractivity contribution in [1.82, 2.24) is 10.2 Å². The van der Waals surface area contributed by atoms with Crippen LogP contribution in [0, 0.1) is 0 Å². The molecule has 1 heterocycles. The number of methoxy groups -OCH3 is 1. The Morgan fingerprint density at radius 1 is 1.30 bits per heavy atom. The molecule has 0 spiro atoms. The molecular formula is C18H31Cl2N3O4. The first-order valence-corrected chi connectivity index (χ1v) is 8.84. The lowest BCUT2D eigenvalue weighted by Gasteiger charge is -2.23. The normalized spacial score (nSPS) is 16.1. The minimum atomic E-state index is -0.470. The van der Waals surface area contributed by atoms with Crippen molar-refractivity contribution >= 4 is 36.4 Å². The molecule has 1 aromatic rings. The predicted molar refractivity (Wildman–Crippen MR) is 112 cm³/mol. The molecule has 0 aliphatic carbocycles. The number of rotatable bonds is 9. The number of carbonyl (C=O) groups is 1. The van der Waals surface area contributed by atoms with E-state index in [1.165, 1.54) is 0 Å². The molecule has 0 aromatic heterocycles. The molecule has 1 aliphatic rings. The second-order valence-corrected chi connectivity index (χ2v) is 5.79. The molecule has 156 valence electrons. The Morgan fingerprint density at radius 2 is 2.04 bits per heavy atom. The predicted octanol–water partition coefficient (Wildman–Crippen LogP) is 2.19. The summed E-state index contributed by atoms with van der Waals surface area (Å²) in [5.74, 6) is 1.11. The van der Waals surface area contributed by atoms with E-state index in [2.05, 4.69) is 29.4 Å². The molecule has 2 rings (SSSR count). The number of halogens is 2. The Balaban J connectivity index is 0.00000338. The van der Waals surface area contributed by atoms with Crippen LogP contribution in [0.4, 0.5) is 5.69 Å². The molecule has 1 atom stereocenters. The Kier molecular flexibility index (Phi) is 13.2. The summed E-state index contributed by atoms with van der Waals surface area (Å²) >= 11 is 0. The maximum absolute atomic E-state index is 12.3. The number of ether oxygens (including phenoxy) is 3. The quantitative estimate of drug-likeness (QED) is 0.633. The van der Waals surface area contributed by atoms with Gasteiger partial charge in [0.2, 0.25) is 0 Å². The largest absolute Gasteiger partial charge is 0.493 e. The summed E-state index contributed by atoms with van der Waals surface area (Å²) in [6, 6.07) is 5.38. The first kappa shape index (κ1) is 25.8. The van der Waals surface area contributed by atoms with E-state index in [1.54, 1.807) is 25.3 Å². The Bertz CT molecular complexity index is 553. The molecule has 1 unspecified atom stereocenters. The Hall–Kier alpha value is -1.25. The van der Waals surface area contributed by atoms with Gasteiger partial charge in [-0.3, -0.25) is 4.79 Å². The lowest BCUT2D eigenvalue weighted by Crippen LogP contribution is -2.45. The zero-order valence-electron chi connectivity index (χ0n) is 16.2. The second-order valence-electron chi connectivity index (χ2n) is 5.79. The van der Waals surface area contributed by atoms with Gasteiger partial charge in [-0.25, -0.2) is 0 Å². The number of likely N-dealkylation sites (N-methyl/N-ethyl adjacent to an activating group) is 1. The van der Waals surface area contributed by atoms with Gasteiger partial charge < -0.3 is 29.7 Å². The average molecular weight is 424 g/mol. The number of morpholine rings is 1. The number of carbonyl (C=O) groups excluding carboxylic acids is 1. The second kappa shape index (κ2) is 13.8. The van der Waals surface area contributed by atoms with Crippen LogP contribution in [0.3, 0.4) is 0 Å². The van der Waals surface area contributed by atoms with Crippen LogP contribution in [0.15, 0.2) is 18.2 Å². The van der Waals surface area contributed by atoms with E-state index in [0.29, 0.717) is 36.9 Å². The van der Waals surface area contributed by atoms with Crippen LogP contribution < -0.4 is 20.1 Å². The van der Waals surface area contributed by atoms with Gasteiger partial charge in [0.25, 0.3) is 5.91 Å². The van der Waals surface area contributed by atoms with Crippen molar-refractivity contribution in [3.8, 4) is 11.5 Å². The third kappa shape index (κ3) is 8.11. The molecule has 1 saturated heterocycles. The summed E-state index contributed by atoms with van der Waals surface area (Å²) in [6.07, 6.45) is -0.470. The summed E-state index contributed by atoms with van der Waals surface area (Å²) in [5, 5.41) is 6.02. The molecule has 0 bridgehead atoms. The molecule has 9 heteroatoms. The zero-order valence-corrected chi connectivity index (χ0v) is 17.8. The maximum atomic E-state index is 12.3. The van der Waals surface area contributed by atoms with E-state index in [-0.39, 0.29) is 30.7 Å². The van der Waals surface area contributed by atoms with Crippen molar-refractivity contribution in [3.63, 3.8) is 0 Å². The zero-order chi connectivity index (χ0) is 18.1. The highest BCUT2D eigenvalue weighted by molar-refractivity contribution is 5.94. The number of hydrogen-bond donors (Lipinski definition) is 2. The number of benzene rings is 1. The number of hydrogen-bond acceptors (Lipinski definition) is 6. The standard InChI is InChI=1S/C18H29N3O4.2ClH/c1-4-21(5-2)9-11-25-16-12-14(6-7-15(16)23-3)20-18(22)17-13-19-8-10-24-17;;/h6-7,12,17,19H,4-5,8-11,13H2,1-3H3,(H,20,22);2*1H. The maximum Gasteiger partial charge on any atom is 0.254 e. The van der Waals surface area contributed by atoms with Gasteiger partial charge in [-0.2, -0.15) is 0 Å². The molecule has 2 N–H and O–H groups in total. The third-order valence-electron chi connectivity index (χ3n) is 4.21. The molecule has 1 aliphatic heterocycles. The summed E-state index contributed by atoms with van der Waals surface area (Å²) in [7, 11) is 1.60.